The number of aliphatic carboxylic acids is 1. The van der Waals surface area contributed by atoms with Crippen LogP contribution in [0, 0.1) is 6.92 Å². The normalized spacial score (nSPS) is 15.5. The number of hydrogen-bond donors (Lipinski definition) is 1. The van der Waals surface area contributed by atoms with Gasteiger partial charge in [0.25, 0.3) is 0 Å². The quantitative estimate of drug-likeness (QED) is 0.210. The molecule has 0 saturated carbocycles. The Hall–Kier alpha value is -3.33. The zero-order valence-electron chi connectivity index (χ0n) is 20.8. The van der Waals surface area contributed by atoms with Gasteiger partial charge in [-0.3, -0.25) is 4.79 Å². The molecule has 2 aromatic carbocycles. The van der Waals surface area contributed by atoms with Crippen LogP contribution in [0.3, 0.4) is 0 Å². The second-order valence-corrected chi connectivity index (χ2v) is 10.3. The second kappa shape index (κ2) is 12.0. The van der Waals surface area contributed by atoms with E-state index in [2.05, 4.69) is 5.10 Å². The van der Waals surface area contributed by atoms with E-state index in [0.29, 0.717) is 42.7 Å². The number of alkyl halides is 4. The van der Waals surface area contributed by atoms with Gasteiger partial charge in [-0.05, 0) is 79.3 Å². The van der Waals surface area contributed by atoms with Gasteiger partial charge >= 0.3 is 12.1 Å². The minimum Gasteiger partial charge on any atom is -0.481 e. The van der Waals surface area contributed by atoms with Gasteiger partial charge in [-0.1, -0.05) is 24.3 Å². The number of nitrogens with zero attached hydrogens (tertiary/aromatic N) is 2. The largest absolute Gasteiger partial charge is 0.481 e. The zero-order valence-corrected chi connectivity index (χ0v) is 21.7. The lowest BCUT2D eigenvalue weighted by Gasteiger charge is -2.13. The van der Waals surface area contributed by atoms with Crippen molar-refractivity contribution in [2.75, 3.05) is 0 Å². The van der Waals surface area contributed by atoms with Gasteiger partial charge in [0.15, 0.2) is 0 Å². The van der Waals surface area contributed by atoms with Crippen molar-refractivity contribution in [1.29, 1.82) is 0 Å². The summed E-state index contributed by atoms with van der Waals surface area (Å²) in [5.41, 5.74) is 4.20. The van der Waals surface area contributed by atoms with Crippen molar-refractivity contribution in [3.63, 3.8) is 0 Å². The van der Waals surface area contributed by atoms with Crippen LogP contribution in [0.15, 0.2) is 77.4 Å². The summed E-state index contributed by atoms with van der Waals surface area (Å²) in [6.45, 7) is 1.95. The van der Waals surface area contributed by atoms with Crippen molar-refractivity contribution in [1.82, 2.24) is 9.78 Å². The molecule has 0 aliphatic heterocycles. The number of hydrogen-bond acceptors (Lipinski definition) is 3. The molecule has 9 heteroatoms. The second-order valence-electron chi connectivity index (χ2n) is 9.23. The van der Waals surface area contributed by atoms with E-state index >= 15 is 0 Å². The number of thioether (sulfide) groups is 1. The maximum absolute atomic E-state index is 14.3. The number of aromatic nitrogens is 2. The van der Waals surface area contributed by atoms with Gasteiger partial charge in [0, 0.05) is 35.3 Å². The Morgan fingerprint density at radius 1 is 1.11 bits per heavy atom. The molecule has 4 rings (SSSR count). The van der Waals surface area contributed by atoms with Gasteiger partial charge in [-0.15, -0.1) is 11.8 Å². The lowest BCUT2D eigenvalue weighted by molar-refractivity contribution is -0.138. The first-order valence-corrected chi connectivity index (χ1v) is 13.3. The summed E-state index contributed by atoms with van der Waals surface area (Å²) in [7, 11) is 0. The summed E-state index contributed by atoms with van der Waals surface area (Å²) in [4.78, 5) is 11.9. The van der Waals surface area contributed by atoms with Crippen molar-refractivity contribution in [2.24, 2.45) is 0 Å². The summed E-state index contributed by atoms with van der Waals surface area (Å²) in [6, 6.07) is 10.8. The Kier molecular flexibility index (Phi) is 8.76. The highest BCUT2D eigenvalue weighted by molar-refractivity contribution is 7.98. The average molecular weight is 545 g/mol. The summed E-state index contributed by atoms with van der Waals surface area (Å²) < 4.78 is 54.9. The molecule has 0 saturated heterocycles. The number of aryl methyl sites for hydroxylation is 3. The first kappa shape index (κ1) is 27.7. The highest BCUT2D eigenvalue weighted by Crippen LogP contribution is 2.31. The Bertz CT molecular complexity index is 1340. The number of benzene rings is 2. The number of allylic oxidation sites excluding steroid dienone is 4. The monoisotopic (exact) mass is 544 g/mol. The standard InChI is InChI=1S/C29H28F4N2O2S/c1-19-16-25(13-6-20(19)8-15-28(36)37)38-18-22-17-35(24-11-9-23(10-12-24)29(31,32)33)34-27(22)14-7-21-4-2-3-5-26(21)30/h2-4,6,9-13,16-17,26H,5,7-8,14-15,18H2,1H3,(H,36,37). The Labute approximate surface area is 223 Å². The molecule has 1 N–H and O–H groups in total. The van der Waals surface area contributed by atoms with Crippen LogP contribution in [-0.4, -0.2) is 27.0 Å². The summed E-state index contributed by atoms with van der Waals surface area (Å²) in [6.07, 6.45) is 3.75. The SMILES string of the molecule is Cc1cc(SCc2cn(-c3ccc(C(F)(F)F)cc3)nc2CCC2=CC=CCC2F)ccc1CCC(=O)O. The Morgan fingerprint density at radius 3 is 2.53 bits per heavy atom. The van der Waals surface area contributed by atoms with Gasteiger partial charge in [-0.2, -0.15) is 18.3 Å². The van der Waals surface area contributed by atoms with E-state index in [1.807, 2.05) is 37.4 Å². The third-order valence-corrected chi connectivity index (χ3v) is 7.54. The predicted octanol–water partition coefficient (Wildman–Crippen LogP) is 7.67. The maximum Gasteiger partial charge on any atom is 0.416 e. The van der Waals surface area contributed by atoms with Gasteiger partial charge in [0.2, 0.25) is 0 Å². The number of rotatable bonds is 10. The number of halogens is 4. The topological polar surface area (TPSA) is 55.1 Å². The zero-order chi connectivity index (χ0) is 27.3. The minimum atomic E-state index is -4.41. The fourth-order valence-electron chi connectivity index (χ4n) is 4.30. The maximum atomic E-state index is 14.3. The molecule has 3 aromatic rings. The van der Waals surface area contributed by atoms with Gasteiger partial charge in [0.05, 0.1) is 16.9 Å². The van der Waals surface area contributed by atoms with E-state index in [1.54, 1.807) is 28.6 Å². The van der Waals surface area contributed by atoms with Crippen LogP contribution in [0.4, 0.5) is 17.6 Å². The molecule has 1 unspecified atom stereocenters. The lowest BCUT2D eigenvalue weighted by atomic mass is 9.97. The molecule has 1 aromatic heterocycles. The van der Waals surface area contributed by atoms with E-state index in [9.17, 15) is 22.4 Å². The van der Waals surface area contributed by atoms with Gasteiger partial charge < -0.3 is 5.11 Å². The highest BCUT2D eigenvalue weighted by Gasteiger charge is 2.30. The molecule has 0 radical (unpaired) electrons. The molecular weight excluding hydrogens is 516 g/mol. The molecular formula is C29H28F4N2O2S. The fraction of sp³-hybridized carbons (Fsp3) is 0.310. The first-order valence-electron chi connectivity index (χ1n) is 12.3. The summed E-state index contributed by atoms with van der Waals surface area (Å²) >= 11 is 1.59. The molecule has 38 heavy (non-hydrogen) atoms. The fourth-order valence-corrected chi connectivity index (χ4v) is 5.29. The Morgan fingerprint density at radius 2 is 1.87 bits per heavy atom. The van der Waals surface area contributed by atoms with Crippen LogP contribution in [0.1, 0.15) is 47.2 Å². The number of carbonyl (C=O) groups is 1. The highest BCUT2D eigenvalue weighted by atomic mass is 32.2. The third-order valence-electron chi connectivity index (χ3n) is 6.50. The van der Waals surface area contributed by atoms with E-state index in [-0.39, 0.29) is 6.42 Å². The molecule has 4 nitrogen and oxygen atoms in total. The van der Waals surface area contributed by atoms with Crippen LogP contribution in [0.25, 0.3) is 5.69 Å². The van der Waals surface area contributed by atoms with Gasteiger partial charge in [0.1, 0.15) is 6.17 Å². The molecule has 0 amide bonds. The van der Waals surface area contributed by atoms with Crippen LogP contribution in [0.2, 0.25) is 0 Å². The molecule has 1 atom stereocenters. The minimum absolute atomic E-state index is 0.0752. The number of carboxylic acids is 1. The molecule has 0 fully saturated rings. The van der Waals surface area contributed by atoms with Crippen molar-refractivity contribution in [3.05, 3.63) is 100 Å². The molecule has 1 heterocycles. The average Bonchev–Trinajstić information content (AvgIpc) is 3.29. The number of carboxylic acid groups (broad SMARTS) is 1. The van der Waals surface area contributed by atoms with Crippen LogP contribution in [-0.2, 0) is 29.6 Å². The van der Waals surface area contributed by atoms with Crippen molar-refractivity contribution >= 4 is 17.7 Å². The third kappa shape index (κ3) is 7.16. The molecule has 0 bridgehead atoms. The van der Waals surface area contributed by atoms with E-state index in [4.69, 9.17) is 5.11 Å². The van der Waals surface area contributed by atoms with E-state index < -0.39 is 23.9 Å². The van der Waals surface area contributed by atoms with E-state index in [1.165, 1.54) is 12.1 Å². The van der Waals surface area contributed by atoms with Crippen molar-refractivity contribution in [2.45, 2.75) is 62.0 Å². The lowest BCUT2D eigenvalue weighted by Crippen LogP contribution is -2.08. The summed E-state index contributed by atoms with van der Waals surface area (Å²) in [5.74, 6) is -0.262. The van der Waals surface area contributed by atoms with Crippen molar-refractivity contribution in [3.8, 4) is 5.69 Å². The van der Waals surface area contributed by atoms with Crippen molar-refractivity contribution < 1.29 is 27.5 Å². The molecule has 1 aliphatic carbocycles. The smallest absolute Gasteiger partial charge is 0.416 e. The van der Waals surface area contributed by atoms with Crippen LogP contribution < -0.4 is 0 Å². The first-order chi connectivity index (χ1) is 18.1. The van der Waals surface area contributed by atoms with Crippen LogP contribution in [0.5, 0.6) is 0 Å². The summed E-state index contributed by atoms with van der Waals surface area (Å²) in [5, 5.41) is 13.6. The molecule has 1 aliphatic rings. The van der Waals surface area contributed by atoms with Gasteiger partial charge in [-0.25, -0.2) is 9.07 Å². The van der Waals surface area contributed by atoms with E-state index in [0.717, 1.165) is 39.4 Å². The Balaban J connectivity index is 1.54. The molecule has 200 valence electrons. The molecule has 0 spiro atoms. The van der Waals surface area contributed by atoms with Crippen LogP contribution >= 0.6 is 11.8 Å². The predicted molar refractivity (Wildman–Crippen MR) is 140 cm³/mol.